The van der Waals surface area contributed by atoms with Gasteiger partial charge in [-0.3, -0.25) is 14.2 Å². The SMILES string of the molecule is CC(OCCCNC(=O)CCn1cnc2ccc(Br)cc2c1=O)c1ccccc1. The highest BCUT2D eigenvalue weighted by atomic mass is 79.9. The number of nitrogens with zero attached hydrogens (tertiary/aromatic N) is 2. The van der Waals surface area contributed by atoms with Crippen molar-refractivity contribution >= 4 is 32.7 Å². The van der Waals surface area contributed by atoms with Crippen LogP contribution < -0.4 is 10.9 Å². The second kappa shape index (κ2) is 10.3. The largest absolute Gasteiger partial charge is 0.374 e. The van der Waals surface area contributed by atoms with Crippen molar-refractivity contribution in [3.8, 4) is 0 Å². The fourth-order valence-corrected chi connectivity index (χ4v) is 3.34. The first-order valence-electron chi connectivity index (χ1n) is 9.62. The van der Waals surface area contributed by atoms with E-state index in [1.165, 1.54) is 10.9 Å². The summed E-state index contributed by atoms with van der Waals surface area (Å²) in [4.78, 5) is 28.9. The van der Waals surface area contributed by atoms with E-state index in [1.807, 2.05) is 43.3 Å². The Bertz CT molecular complexity index is 1020. The van der Waals surface area contributed by atoms with Gasteiger partial charge in [-0.2, -0.15) is 0 Å². The molecule has 0 spiro atoms. The first-order chi connectivity index (χ1) is 14.0. The van der Waals surface area contributed by atoms with Crippen molar-refractivity contribution in [1.29, 1.82) is 0 Å². The van der Waals surface area contributed by atoms with Gasteiger partial charge < -0.3 is 10.1 Å². The summed E-state index contributed by atoms with van der Waals surface area (Å²) >= 11 is 3.37. The third-order valence-corrected chi connectivity index (χ3v) is 5.14. The molecule has 0 aliphatic rings. The summed E-state index contributed by atoms with van der Waals surface area (Å²) in [5, 5.41) is 3.40. The van der Waals surface area contributed by atoms with Gasteiger partial charge in [0.2, 0.25) is 5.91 Å². The summed E-state index contributed by atoms with van der Waals surface area (Å²) in [5.74, 6) is -0.0950. The summed E-state index contributed by atoms with van der Waals surface area (Å²) in [7, 11) is 0. The number of fused-ring (bicyclic) bond motifs is 1. The molecule has 1 unspecified atom stereocenters. The Morgan fingerprint density at radius 3 is 2.83 bits per heavy atom. The van der Waals surface area contributed by atoms with Crippen molar-refractivity contribution in [1.82, 2.24) is 14.9 Å². The number of amides is 1. The molecule has 3 rings (SSSR count). The van der Waals surface area contributed by atoms with Gasteiger partial charge >= 0.3 is 0 Å². The van der Waals surface area contributed by atoms with Crippen molar-refractivity contribution in [2.75, 3.05) is 13.2 Å². The molecule has 6 nitrogen and oxygen atoms in total. The third-order valence-electron chi connectivity index (χ3n) is 4.65. The van der Waals surface area contributed by atoms with E-state index in [1.54, 1.807) is 12.1 Å². The van der Waals surface area contributed by atoms with Crippen LogP contribution in [0.3, 0.4) is 0 Å². The Labute approximate surface area is 178 Å². The average molecular weight is 458 g/mol. The number of hydrogen-bond donors (Lipinski definition) is 1. The molecule has 29 heavy (non-hydrogen) atoms. The first-order valence-corrected chi connectivity index (χ1v) is 10.4. The van der Waals surface area contributed by atoms with Crippen molar-refractivity contribution in [2.45, 2.75) is 32.4 Å². The summed E-state index contributed by atoms with van der Waals surface area (Å²) in [6.07, 6.45) is 2.47. The molecule has 0 aliphatic carbocycles. The Kier molecular flexibility index (Phi) is 7.55. The Hall–Kier alpha value is -2.51. The van der Waals surface area contributed by atoms with Crippen LogP contribution in [0.15, 0.2) is 64.1 Å². The van der Waals surface area contributed by atoms with Crippen LogP contribution in [0.5, 0.6) is 0 Å². The Morgan fingerprint density at radius 1 is 1.24 bits per heavy atom. The first kappa shape index (κ1) is 21.2. The molecule has 0 fully saturated rings. The van der Waals surface area contributed by atoms with Crippen LogP contribution >= 0.6 is 15.9 Å². The lowest BCUT2D eigenvalue weighted by atomic mass is 10.1. The molecule has 1 amide bonds. The number of nitrogens with one attached hydrogen (secondary N) is 1. The van der Waals surface area contributed by atoms with Crippen LogP contribution in [-0.2, 0) is 16.1 Å². The van der Waals surface area contributed by atoms with Crippen LogP contribution in [0.2, 0.25) is 0 Å². The second-order valence-electron chi connectivity index (χ2n) is 6.78. The molecule has 1 N–H and O–H groups in total. The number of aryl methyl sites for hydroxylation is 1. The predicted octanol–water partition coefficient (Wildman–Crippen LogP) is 3.83. The molecule has 0 bridgehead atoms. The Balaban J connectivity index is 1.40. The molecule has 1 heterocycles. The van der Waals surface area contributed by atoms with Gasteiger partial charge in [-0.05, 0) is 37.1 Å². The minimum absolute atomic E-state index is 0.0271. The molecule has 1 atom stereocenters. The molecule has 0 saturated heterocycles. The van der Waals surface area contributed by atoms with Crippen LogP contribution in [-0.4, -0.2) is 28.6 Å². The number of carbonyl (C=O) groups excluding carboxylic acids is 1. The van der Waals surface area contributed by atoms with E-state index in [0.717, 1.165) is 16.5 Å². The van der Waals surface area contributed by atoms with Crippen LogP contribution in [0, 0.1) is 0 Å². The van der Waals surface area contributed by atoms with Gasteiger partial charge in [0.25, 0.3) is 5.56 Å². The molecule has 0 radical (unpaired) electrons. The van der Waals surface area contributed by atoms with Gasteiger partial charge in [0.15, 0.2) is 0 Å². The fraction of sp³-hybridized carbons (Fsp3) is 0.318. The predicted molar refractivity (Wildman–Crippen MR) is 117 cm³/mol. The maximum absolute atomic E-state index is 12.5. The summed E-state index contributed by atoms with van der Waals surface area (Å²) < 4.78 is 8.09. The van der Waals surface area contributed by atoms with Gasteiger partial charge in [0.05, 0.1) is 23.3 Å². The molecule has 0 saturated carbocycles. The van der Waals surface area contributed by atoms with Gasteiger partial charge in [-0.1, -0.05) is 46.3 Å². The van der Waals surface area contributed by atoms with E-state index >= 15 is 0 Å². The number of carbonyl (C=O) groups is 1. The van der Waals surface area contributed by atoms with E-state index in [-0.39, 0.29) is 24.0 Å². The van der Waals surface area contributed by atoms with Crippen molar-refractivity contribution in [3.05, 3.63) is 75.2 Å². The van der Waals surface area contributed by atoms with E-state index < -0.39 is 0 Å². The van der Waals surface area contributed by atoms with E-state index in [9.17, 15) is 9.59 Å². The second-order valence-corrected chi connectivity index (χ2v) is 7.70. The topological polar surface area (TPSA) is 73.2 Å². The Morgan fingerprint density at radius 2 is 2.03 bits per heavy atom. The molecule has 3 aromatic rings. The molecule has 152 valence electrons. The summed E-state index contributed by atoms with van der Waals surface area (Å²) in [6, 6.07) is 15.4. The highest BCUT2D eigenvalue weighted by Crippen LogP contribution is 2.16. The smallest absolute Gasteiger partial charge is 0.261 e. The lowest BCUT2D eigenvalue weighted by Crippen LogP contribution is -2.28. The van der Waals surface area contributed by atoms with E-state index in [0.29, 0.717) is 30.6 Å². The third kappa shape index (κ3) is 5.98. The number of rotatable bonds is 9. The van der Waals surface area contributed by atoms with E-state index in [4.69, 9.17) is 4.74 Å². The highest BCUT2D eigenvalue weighted by molar-refractivity contribution is 9.10. The van der Waals surface area contributed by atoms with Gasteiger partial charge in [-0.25, -0.2) is 4.98 Å². The molecule has 7 heteroatoms. The standard InChI is InChI=1S/C22H24BrN3O3/c1-16(17-6-3-2-4-7-17)29-13-5-11-24-21(27)10-12-26-15-25-20-9-8-18(23)14-19(20)22(26)28/h2-4,6-9,14-16H,5,10-13H2,1H3,(H,24,27). The number of benzene rings is 2. The van der Waals surface area contributed by atoms with Crippen LogP contribution in [0.4, 0.5) is 0 Å². The lowest BCUT2D eigenvalue weighted by Gasteiger charge is -2.13. The molecule has 0 aliphatic heterocycles. The maximum atomic E-state index is 12.5. The zero-order valence-corrected chi connectivity index (χ0v) is 17.9. The molecule has 2 aromatic carbocycles. The summed E-state index contributed by atoms with van der Waals surface area (Å²) in [6.45, 7) is 3.42. The minimum atomic E-state index is -0.146. The van der Waals surface area contributed by atoms with Gasteiger partial charge in [0.1, 0.15) is 0 Å². The minimum Gasteiger partial charge on any atom is -0.374 e. The van der Waals surface area contributed by atoms with Gasteiger partial charge in [0, 0.05) is 30.6 Å². The molecule has 1 aromatic heterocycles. The number of hydrogen-bond acceptors (Lipinski definition) is 4. The van der Waals surface area contributed by atoms with Crippen molar-refractivity contribution in [2.24, 2.45) is 0 Å². The quantitative estimate of drug-likeness (QED) is 0.495. The van der Waals surface area contributed by atoms with Crippen molar-refractivity contribution in [3.63, 3.8) is 0 Å². The molecular formula is C22H24BrN3O3. The zero-order chi connectivity index (χ0) is 20.6. The van der Waals surface area contributed by atoms with Crippen molar-refractivity contribution < 1.29 is 9.53 Å². The molecular weight excluding hydrogens is 434 g/mol. The van der Waals surface area contributed by atoms with E-state index in [2.05, 4.69) is 26.2 Å². The highest BCUT2D eigenvalue weighted by Gasteiger charge is 2.08. The normalized spacial score (nSPS) is 12.1. The van der Waals surface area contributed by atoms with Crippen LogP contribution in [0.25, 0.3) is 10.9 Å². The monoisotopic (exact) mass is 457 g/mol. The lowest BCUT2D eigenvalue weighted by molar-refractivity contribution is -0.121. The number of ether oxygens (including phenoxy) is 1. The van der Waals surface area contributed by atoms with Gasteiger partial charge in [-0.15, -0.1) is 0 Å². The zero-order valence-electron chi connectivity index (χ0n) is 16.3. The number of halogens is 1. The average Bonchev–Trinajstić information content (AvgIpc) is 2.74. The summed E-state index contributed by atoms with van der Waals surface area (Å²) in [5.41, 5.74) is 1.63. The van der Waals surface area contributed by atoms with Crippen LogP contribution in [0.1, 0.15) is 31.4 Å². The maximum Gasteiger partial charge on any atom is 0.261 e. The fourth-order valence-electron chi connectivity index (χ4n) is 2.98. The number of aromatic nitrogens is 2.